The van der Waals surface area contributed by atoms with Crippen molar-refractivity contribution in [2.24, 2.45) is 0 Å². The molecular formula is C15H15ClN2O3. The van der Waals surface area contributed by atoms with Gasteiger partial charge in [0.25, 0.3) is 0 Å². The van der Waals surface area contributed by atoms with E-state index in [2.05, 4.69) is 5.32 Å². The average Bonchev–Trinajstić information content (AvgIpc) is 2.47. The summed E-state index contributed by atoms with van der Waals surface area (Å²) in [6.45, 7) is -0.230. The molecule has 6 heteroatoms. The van der Waals surface area contributed by atoms with Crippen molar-refractivity contribution in [2.75, 3.05) is 19.0 Å². The predicted octanol–water partition coefficient (Wildman–Crippen LogP) is 3.78. The van der Waals surface area contributed by atoms with Crippen LogP contribution in [-0.2, 0) is 0 Å². The number of hydrogen-bond donors (Lipinski definition) is 1. The summed E-state index contributed by atoms with van der Waals surface area (Å²) < 4.78 is 5.09. The van der Waals surface area contributed by atoms with Crippen molar-refractivity contribution in [3.8, 4) is 5.75 Å². The minimum absolute atomic E-state index is 0.230. The predicted molar refractivity (Wildman–Crippen MR) is 82.7 cm³/mol. The summed E-state index contributed by atoms with van der Waals surface area (Å²) >= 11 is 5.95. The fourth-order valence-electron chi connectivity index (χ4n) is 2.00. The first-order valence-electron chi connectivity index (χ1n) is 6.36. The molecule has 0 aliphatic rings. The van der Waals surface area contributed by atoms with Crippen LogP contribution in [0.2, 0.25) is 5.02 Å². The molecule has 0 bridgehead atoms. The number of nitrogens with zero attached hydrogens (tertiary/aromatic N) is 1. The van der Waals surface area contributed by atoms with Gasteiger partial charge in [-0.1, -0.05) is 23.7 Å². The molecule has 1 N–H and O–H groups in total. The Balaban J connectivity index is 2.21. The summed E-state index contributed by atoms with van der Waals surface area (Å²) in [6, 6.07) is 13.8. The van der Waals surface area contributed by atoms with Gasteiger partial charge in [0.05, 0.1) is 7.11 Å². The summed E-state index contributed by atoms with van der Waals surface area (Å²) in [5, 5.41) is 14.6. The molecule has 0 amide bonds. The molecule has 0 fully saturated rings. The minimum Gasteiger partial charge on any atom is -0.497 e. The summed E-state index contributed by atoms with van der Waals surface area (Å²) in [5.41, 5.74) is 1.55. The molecule has 110 valence electrons. The molecule has 5 nitrogen and oxygen atoms in total. The van der Waals surface area contributed by atoms with Gasteiger partial charge < -0.3 is 10.1 Å². The number of methoxy groups -OCH3 is 1. The summed E-state index contributed by atoms with van der Waals surface area (Å²) in [7, 11) is 1.59. The third-order valence-corrected chi connectivity index (χ3v) is 3.25. The Morgan fingerprint density at radius 3 is 2.57 bits per heavy atom. The standard InChI is InChI=1S/C15H15ClN2O3/c1-21-14-7-5-13(6-8-14)17-15(10-18(19)20)11-3-2-4-12(16)9-11/h2-9,15,17H,10H2,1H3/t15-/m0/s1. The fourth-order valence-corrected chi connectivity index (χ4v) is 2.19. The van der Waals surface area contributed by atoms with E-state index < -0.39 is 6.04 Å². The molecule has 0 radical (unpaired) electrons. The number of ether oxygens (including phenoxy) is 1. The third-order valence-electron chi connectivity index (χ3n) is 3.01. The normalized spacial score (nSPS) is 11.7. The maximum atomic E-state index is 10.9. The highest BCUT2D eigenvalue weighted by molar-refractivity contribution is 6.30. The summed E-state index contributed by atoms with van der Waals surface area (Å²) in [4.78, 5) is 10.5. The number of nitrogens with one attached hydrogen (secondary N) is 1. The molecular weight excluding hydrogens is 292 g/mol. The smallest absolute Gasteiger partial charge is 0.227 e. The Labute approximate surface area is 127 Å². The molecule has 21 heavy (non-hydrogen) atoms. The zero-order valence-corrected chi connectivity index (χ0v) is 12.2. The van der Waals surface area contributed by atoms with Crippen LogP contribution in [0.15, 0.2) is 48.5 Å². The molecule has 0 saturated heterocycles. The van der Waals surface area contributed by atoms with E-state index in [1.807, 2.05) is 18.2 Å². The van der Waals surface area contributed by atoms with Crippen molar-refractivity contribution in [3.63, 3.8) is 0 Å². The van der Waals surface area contributed by atoms with E-state index in [1.165, 1.54) is 0 Å². The van der Waals surface area contributed by atoms with Gasteiger partial charge in [-0.2, -0.15) is 0 Å². The van der Waals surface area contributed by atoms with Gasteiger partial charge in [-0.25, -0.2) is 0 Å². The lowest BCUT2D eigenvalue weighted by Crippen LogP contribution is -2.20. The lowest BCUT2D eigenvalue weighted by Gasteiger charge is -2.17. The molecule has 0 aromatic heterocycles. The van der Waals surface area contributed by atoms with Gasteiger partial charge in [-0.3, -0.25) is 10.1 Å². The van der Waals surface area contributed by atoms with Crippen molar-refractivity contribution in [1.29, 1.82) is 0 Å². The quantitative estimate of drug-likeness (QED) is 0.651. The van der Waals surface area contributed by atoms with Crippen molar-refractivity contribution < 1.29 is 9.66 Å². The number of rotatable bonds is 6. The molecule has 0 aliphatic carbocycles. The highest BCUT2D eigenvalue weighted by Gasteiger charge is 2.18. The van der Waals surface area contributed by atoms with Crippen molar-refractivity contribution in [2.45, 2.75) is 6.04 Å². The molecule has 2 aromatic rings. The molecule has 2 rings (SSSR count). The number of hydrogen-bond acceptors (Lipinski definition) is 4. The highest BCUT2D eigenvalue weighted by atomic mass is 35.5. The number of halogens is 1. The SMILES string of the molecule is COc1ccc(N[C@@H](C[N+](=O)[O-])c2cccc(Cl)c2)cc1. The van der Waals surface area contributed by atoms with Gasteiger partial charge >= 0.3 is 0 Å². The lowest BCUT2D eigenvalue weighted by atomic mass is 10.1. The molecule has 1 atom stereocenters. The van der Waals surface area contributed by atoms with E-state index in [9.17, 15) is 10.1 Å². The van der Waals surface area contributed by atoms with E-state index in [4.69, 9.17) is 16.3 Å². The van der Waals surface area contributed by atoms with E-state index in [1.54, 1.807) is 37.4 Å². The molecule has 0 aliphatic heterocycles. The first kappa shape index (κ1) is 15.1. The van der Waals surface area contributed by atoms with Crippen molar-refractivity contribution in [3.05, 3.63) is 69.2 Å². The summed E-state index contributed by atoms with van der Waals surface area (Å²) in [5.74, 6) is 0.731. The Hall–Kier alpha value is -2.27. The van der Waals surface area contributed by atoms with Gasteiger partial charge in [0.1, 0.15) is 11.8 Å². The van der Waals surface area contributed by atoms with Crippen molar-refractivity contribution >= 4 is 17.3 Å². The maximum absolute atomic E-state index is 10.9. The summed E-state index contributed by atoms with van der Waals surface area (Å²) in [6.07, 6.45) is 0. The molecule has 0 unspecified atom stereocenters. The highest BCUT2D eigenvalue weighted by Crippen LogP contribution is 2.24. The first-order chi connectivity index (χ1) is 10.1. The van der Waals surface area contributed by atoms with Gasteiger partial charge in [-0.05, 0) is 42.0 Å². The van der Waals surface area contributed by atoms with Crippen LogP contribution in [0.25, 0.3) is 0 Å². The minimum atomic E-state index is -0.452. The zero-order valence-electron chi connectivity index (χ0n) is 11.5. The number of nitro groups is 1. The second kappa shape index (κ2) is 6.95. The van der Waals surface area contributed by atoms with Crippen LogP contribution in [-0.4, -0.2) is 18.6 Å². The zero-order chi connectivity index (χ0) is 15.2. The largest absolute Gasteiger partial charge is 0.497 e. The van der Waals surface area contributed by atoms with Crippen LogP contribution in [0, 0.1) is 10.1 Å². The monoisotopic (exact) mass is 306 g/mol. The van der Waals surface area contributed by atoms with E-state index in [0.717, 1.165) is 17.0 Å². The van der Waals surface area contributed by atoms with Gasteiger partial charge in [0.2, 0.25) is 6.54 Å². The van der Waals surface area contributed by atoms with Crippen LogP contribution in [0.1, 0.15) is 11.6 Å². The average molecular weight is 307 g/mol. The second-order valence-corrected chi connectivity index (χ2v) is 4.93. The van der Waals surface area contributed by atoms with Crippen LogP contribution in [0.5, 0.6) is 5.75 Å². The third kappa shape index (κ3) is 4.36. The molecule has 0 saturated carbocycles. The Bertz CT molecular complexity index is 617. The molecule has 0 heterocycles. The van der Waals surface area contributed by atoms with Gasteiger partial charge in [0.15, 0.2) is 0 Å². The first-order valence-corrected chi connectivity index (χ1v) is 6.74. The number of benzene rings is 2. The fraction of sp³-hybridized carbons (Fsp3) is 0.200. The lowest BCUT2D eigenvalue weighted by molar-refractivity contribution is -0.482. The Morgan fingerprint density at radius 2 is 2.00 bits per heavy atom. The number of anilines is 1. The van der Waals surface area contributed by atoms with E-state index in [0.29, 0.717) is 5.02 Å². The molecule has 2 aromatic carbocycles. The van der Waals surface area contributed by atoms with E-state index >= 15 is 0 Å². The van der Waals surface area contributed by atoms with Crippen molar-refractivity contribution in [1.82, 2.24) is 0 Å². The van der Waals surface area contributed by atoms with Crippen LogP contribution in [0.3, 0.4) is 0 Å². The van der Waals surface area contributed by atoms with Gasteiger partial charge in [0, 0.05) is 15.6 Å². The topological polar surface area (TPSA) is 64.4 Å². The van der Waals surface area contributed by atoms with Crippen LogP contribution >= 0.6 is 11.6 Å². The second-order valence-electron chi connectivity index (χ2n) is 4.50. The molecule has 0 spiro atoms. The van der Waals surface area contributed by atoms with Crippen LogP contribution in [0.4, 0.5) is 5.69 Å². The Kier molecular flexibility index (Phi) is 5.00. The van der Waals surface area contributed by atoms with Gasteiger partial charge in [-0.15, -0.1) is 0 Å². The Morgan fingerprint density at radius 1 is 1.29 bits per heavy atom. The maximum Gasteiger partial charge on any atom is 0.227 e. The van der Waals surface area contributed by atoms with E-state index in [-0.39, 0.29) is 11.5 Å². The van der Waals surface area contributed by atoms with Crippen LogP contribution < -0.4 is 10.1 Å².